The number of hydrogen-bond donors (Lipinski definition) is 0. The lowest BCUT2D eigenvalue weighted by Crippen LogP contribution is -1.92. The van der Waals surface area contributed by atoms with Gasteiger partial charge in [0.1, 0.15) is 5.75 Å². The summed E-state index contributed by atoms with van der Waals surface area (Å²) in [5, 5.41) is 0.972. The minimum Gasteiger partial charge on any atom is -0.437 e. The molecule has 0 amide bonds. The van der Waals surface area contributed by atoms with Gasteiger partial charge in [0.2, 0.25) is 5.88 Å². The van der Waals surface area contributed by atoms with Crippen LogP contribution in [-0.2, 0) is 0 Å². The molecule has 1 aromatic carbocycles. The highest BCUT2D eigenvalue weighted by molar-refractivity contribution is 9.10. The van der Waals surface area contributed by atoms with E-state index in [1.165, 1.54) is 0 Å². The van der Waals surface area contributed by atoms with Crippen molar-refractivity contribution in [1.29, 1.82) is 0 Å². The lowest BCUT2D eigenvalue weighted by Gasteiger charge is -2.10. The second kappa shape index (κ2) is 4.97. The molecule has 19 heavy (non-hydrogen) atoms. The van der Waals surface area contributed by atoms with E-state index < -0.39 is 0 Å². The van der Waals surface area contributed by atoms with Gasteiger partial charge in [-0.15, -0.1) is 0 Å². The van der Waals surface area contributed by atoms with Gasteiger partial charge in [0.25, 0.3) is 0 Å². The summed E-state index contributed by atoms with van der Waals surface area (Å²) in [5.74, 6) is 1.32. The Morgan fingerprint density at radius 1 is 1.00 bits per heavy atom. The van der Waals surface area contributed by atoms with Crippen LogP contribution < -0.4 is 4.74 Å². The van der Waals surface area contributed by atoms with Crippen molar-refractivity contribution in [3.05, 3.63) is 58.8 Å². The summed E-state index contributed by atoms with van der Waals surface area (Å²) < 4.78 is 6.78. The number of nitrogens with zero attached hydrogens (tertiary/aromatic N) is 2. The number of halogens is 1. The first kappa shape index (κ1) is 12.1. The molecule has 0 saturated carbocycles. The van der Waals surface area contributed by atoms with E-state index in [9.17, 15) is 0 Å². The van der Waals surface area contributed by atoms with Crippen molar-refractivity contribution in [1.82, 2.24) is 9.97 Å². The summed E-state index contributed by atoms with van der Waals surface area (Å²) in [6, 6.07) is 11.6. The average Bonchev–Trinajstić information content (AvgIpc) is 2.44. The van der Waals surface area contributed by atoms with Crippen LogP contribution in [0.4, 0.5) is 0 Å². The Balaban J connectivity index is 2.09. The first-order valence-corrected chi connectivity index (χ1v) is 6.68. The van der Waals surface area contributed by atoms with Crippen molar-refractivity contribution in [2.45, 2.75) is 6.92 Å². The van der Waals surface area contributed by atoms with Crippen molar-refractivity contribution in [3.63, 3.8) is 0 Å². The molecule has 0 N–H and O–H groups in total. The molecule has 0 spiro atoms. The van der Waals surface area contributed by atoms with Gasteiger partial charge < -0.3 is 4.74 Å². The standard InChI is InChI=1S/C15H11BrN2O/c1-10-7-9-18-15(14(10)16)19-13-6-2-5-12-11(13)4-3-8-17-12/h2-9H,1H3. The molecule has 0 aliphatic heterocycles. The SMILES string of the molecule is Cc1ccnc(Oc2cccc3ncccc23)c1Br. The van der Waals surface area contributed by atoms with Crippen LogP contribution in [0.2, 0.25) is 0 Å². The van der Waals surface area contributed by atoms with E-state index in [1.54, 1.807) is 12.4 Å². The molecular weight excluding hydrogens is 304 g/mol. The van der Waals surface area contributed by atoms with Gasteiger partial charge in [-0.05, 0) is 58.7 Å². The summed E-state index contributed by atoms with van der Waals surface area (Å²) in [4.78, 5) is 8.56. The van der Waals surface area contributed by atoms with Crippen molar-refractivity contribution in [2.24, 2.45) is 0 Å². The largest absolute Gasteiger partial charge is 0.437 e. The molecule has 2 heterocycles. The minimum atomic E-state index is 0.566. The van der Waals surface area contributed by atoms with Crippen LogP contribution in [0.1, 0.15) is 5.56 Å². The quantitative estimate of drug-likeness (QED) is 0.699. The molecule has 0 fully saturated rings. The Hall–Kier alpha value is -1.94. The third kappa shape index (κ3) is 2.31. The number of rotatable bonds is 2. The lowest BCUT2D eigenvalue weighted by molar-refractivity contribution is 0.464. The van der Waals surface area contributed by atoms with E-state index in [0.717, 1.165) is 26.7 Å². The van der Waals surface area contributed by atoms with Crippen LogP contribution in [0.5, 0.6) is 11.6 Å². The fraction of sp³-hybridized carbons (Fsp3) is 0.0667. The number of aryl methyl sites for hydroxylation is 1. The molecule has 0 unspecified atom stereocenters. The van der Waals surface area contributed by atoms with Crippen molar-refractivity contribution in [2.75, 3.05) is 0 Å². The van der Waals surface area contributed by atoms with E-state index in [-0.39, 0.29) is 0 Å². The van der Waals surface area contributed by atoms with Gasteiger partial charge in [0, 0.05) is 17.8 Å². The average molecular weight is 315 g/mol. The summed E-state index contributed by atoms with van der Waals surface area (Å²) in [6.07, 6.45) is 3.51. The van der Waals surface area contributed by atoms with E-state index in [0.29, 0.717) is 5.88 Å². The van der Waals surface area contributed by atoms with Gasteiger partial charge in [0.15, 0.2) is 0 Å². The molecule has 3 rings (SSSR count). The van der Waals surface area contributed by atoms with E-state index in [4.69, 9.17) is 4.74 Å². The Morgan fingerprint density at radius 3 is 2.79 bits per heavy atom. The monoisotopic (exact) mass is 314 g/mol. The predicted molar refractivity (Wildman–Crippen MR) is 78.5 cm³/mol. The van der Waals surface area contributed by atoms with Crippen LogP contribution in [0, 0.1) is 6.92 Å². The number of ether oxygens (including phenoxy) is 1. The summed E-state index contributed by atoms with van der Waals surface area (Å²) in [6.45, 7) is 2.00. The van der Waals surface area contributed by atoms with Gasteiger partial charge in [-0.2, -0.15) is 0 Å². The number of aromatic nitrogens is 2. The van der Waals surface area contributed by atoms with Gasteiger partial charge in [-0.3, -0.25) is 4.98 Å². The predicted octanol–water partition coefficient (Wildman–Crippen LogP) is 4.49. The highest BCUT2D eigenvalue weighted by atomic mass is 79.9. The molecule has 0 atom stereocenters. The molecule has 3 aromatic rings. The normalized spacial score (nSPS) is 10.6. The molecule has 94 valence electrons. The minimum absolute atomic E-state index is 0.566. The summed E-state index contributed by atoms with van der Waals surface area (Å²) in [5.41, 5.74) is 1.99. The first-order chi connectivity index (χ1) is 9.25. The molecular formula is C15H11BrN2O. The third-order valence-corrected chi connectivity index (χ3v) is 3.83. The number of pyridine rings is 2. The highest BCUT2D eigenvalue weighted by Crippen LogP contribution is 2.33. The molecule has 3 nitrogen and oxygen atoms in total. The number of benzene rings is 1. The molecule has 0 saturated heterocycles. The smallest absolute Gasteiger partial charge is 0.233 e. The van der Waals surface area contributed by atoms with Crippen LogP contribution in [0.15, 0.2) is 53.3 Å². The van der Waals surface area contributed by atoms with Crippen molar-refractivity contribution < 1.29 is 4.74 Å². The Bertz CT molecular complexity index is 738. The van der Waals surface area contributed by atoms with Crippen molar-refractivity contribution >= 4 is 26.8 Å². The third-order valence-electron chi connectivity index (χ3n) is 2.86. The van der Waals surface area contributed by atoms with Crippen molar-refractivity contribution in [3.8, 4) is 11.6 Å². The maximum Gasteiger partial charge on any atom is 0.233 e. The maximum absolute atomic E-state index is 5.91. The molecule has 0 radical (unpaired) electrons. The first-order valence-electron chi connectivity index (χ1n) is 5.88. The Labute approximate surface area is 119 Å². The molecule has 0 aliphatic rings. The van der Waals surface area contributed by atoms with Gasteiger partial charge in [-0.25, -0.2) is 4.98 Å². The molecule has 0 aliphatic carbocycles. The number of fused-ring (bicyclic) bond motifs is 1. The topological polar surface area (TPSA) is 35.0 Å². The zero-order valence-corrected chi connectivity index (χ0v) is 11.9. The zero-order chi connectivity index (χ0) is 13.2. The van der Waals surface area contributed by atoms with Crippen LogP contribution >= 0.6 is 15.9 Å². The molecule has 0 bridgehead atoms. The van der Waals surface area contributed by atoms with Crippen LogP contribution in [0.25, 0.3) is 10.9 Å². The van der Waals surface area contributed by atoms with Gasteiger partial charge in [0.05, 0.1) is 9.99 Å². The summed E-state index contributed by atoms with van der Waals surface area (Å²) >= 11 is 3.50. The molecule has 2 aromatic heterocycles. The van der Waals surface area contributed by atoms with Crippen LogP contribution in [-0.4, -0.2) is 9.97 Å². The fourth-order valence-electron chi connectivity index (χ4n) is 1.85. The van der Waals surface area contributed by atoms with Gasteiger partial charge in [-0.1, -0.05) is 6.07 Å². The summed E-state index contributed by atoms with van der Waals surface area (Å²) in [7, 11) is 0. The Morgan fingerprint density at radius 2 is 1.89 bits per heavy atom. The lowest BCUT2D eigenvalue weighted by atomic mass is 10.2. The van der Waals surface area contributed by atoms with E-state index >= 15 is 0 Å². The highest BCUT2D eigenvalue weighted by Gasteiger charge is 2.09. The second-order valence-electron chi connectivity index (χ2n) is 4.18. The Kier molecular flexibility index (Phi) is 3.17. The number of hydrogen-bond acceptors (Lipinski definition) is 3. The zero-order valence-electron chi connectivity index (χ0n) is 10.3. The molecule has 4 heteroatoms. The van der Waals surface area contributed by atoms with Gasteiger partial charge >= 0.3 is 0 Å². The van der Waals surface area contributed by atoms with Crippen LogP contribution in [0.3, 0.4) is 0 Å². The second-order valence-corrected chi connectivity index (χ2v) is 4.97. The fourth-order valence-corrected chi connectivity index (χ4v) is 2.17. The van der Waals surface area contributed by atoms with E-state index in [2.05, 4.69) is 25.9 Å². The maximum atomic E-state index is 5.91. The van der Waals surface area contributed by atoms with E-state index in [1.807, 2.05) is 43.3 Å².